The van der Waals surface area contributed by atoms with E-state index in [4.69, 9.17) is 4.74 Å². The van der Waals surface area contributed by atoms with Crippen molar-refractivity contribution in [3.05, 3.63) is 0 Å². The van der Waals surface area contributed by atoms with Gasteiger partial charge in [-0.3, -0.25) is 0 Å². The zero-order chi connectivity index (χ0) is 17.3. The third kappa shape index (κ3) is 4.62. The number of carbonyl (C=O) groups excluding carboxylic acids is 1. The van der Waals surface area contributed by atoms with Crippen molar-refractivity contribution in [1.29, 1.82) is 0 Å². The second kappa shape index (κ2) is 7.00. The minimum atomic E-state index is -0.492. The first-order chi connectivity index (χ1) is 10.6. The first-order valence-corrected chi connectivity index (χ1v) is 9.23. The molecule has 2 saturated carbocycles. The minimum Gasteiger partial charge on any atom is -0.444 e. The van der Waals surface area contributed by atoms with E-state index < -0.39 is 5.60 Å². The molecule has 0 radical (unpaired) electrons. The van der Waals surface area contributed by atoms with Crippen molar-refractivity contribution in [3.8, 4) is 0 Å². The van der Waals surface area contributed by atoms with Gasteiger partial charge in [0.2, 0.25) is 0 Å². The molecule has 0 saturated heterocycles. The molecule has 1 amide bonds. The van der Waals surface area contributed by atoms with Crippen LogP contribution in [0.1, 0.15) is 66.7 Å². The van der Waals surface area contributed by atoms with E-state index in [1.807, 2.05) is 20.8 Å². The number of fused-ring (bicyclic) bond motifs is 2. The monoisotopic (exact) mass is 325 g/mol. The summed E-state index contributed by atoms with van der Waals surface area (Å²) in [6.07, 6.45) is 6.07. The molecule has 2 N–H and O–H groups in total. The number of aliphatic hydroxyl groups is 1. The Morgan fingerprint density at radius 3 is 2.39 bits per heavy atom. The van der Waals surface area contributed by atoms with E-state index in [9.17, 15) is 9.90 Å². The Kier molecular flexibility index (Phi) is 5.65. The zero-order valence-corrected chi connectivity index (χ0v) is 15.5. The number of alkyl carbamates (subject to hydrolysis) is 1. The molecular formula is C19H35NO3. The summed E-state index contributed by atoms with van der Waals surface area (Å²) in [5.41, 5.74) is -0.736. The molecule has 0 aromatic rings. The van der Waals surface area contributed by atoms with Crippen molar-refractivity contribution in [2.45, 2.75) is 72.3 Å². The fraction of sp³-hybridized carbons (Fsp3) is 0.947. The smallest absolute Gasteiger partial charge is 0.407 e. The lowest BCUT2D eigenvalue weighted by Crippen LogP contribution is -2.46. The third-order valence-corrected chi connectivity index (χ3v) is 6.08. The highest BCUT2D eigenvalue weighted by atomic mass is 16.6. The van der Waals surface area contributed by atoms with Crippen molar-refractivity contribution in [2.24, 2.45) is 29.1 Å². The van der Waals surface area contributed by atoms with Gasteiger partial charge < -0.3 is 15.2 Å². The van der Waals surface area contributed by atoms with Crippen LogP contribution in [0.25, 0.3) is 0 Å². The lowest BCUT2D eigenvalue weighted by Gasteiger charge is -2.40. The molecule has 0 heterocycles. The summed E-state index contributed by atoms with van der Waals surface area (Å²) in [6, 6.07) is 0. The SMILES string of the molecule is CC(C)C(CO)(CNC(=O)OC(C)(C)C)CC1CC2CCC1C2. The standard InChI is InChI=1S/C19H35NO3/c1-13(2)19(12-21,11-20-17(22)23-18(3,4)5)10-16-9-14-6-7-15(16)8-14/h13-16,21H,6-12H2,1-5H3,(H,20,22). The number of carbonyl (C=O) groups is 1. The summed E-state index contributed by atoms with van der Waals surface area (Å²) >= 11 is 0. The summed E-state index contributed by atoms with van der Waals surface area (Å²) in [4.78, 5) is 12.0. The zero-order valence-electron chi connectivity index (χ0n) is 15.5. The van der Waals surface area contributed by atoms with Crippen molar-refractivity contribution >= 4 is 6.09 Å². The van der Waals surface area contributed by atoms with Crippen LogP contribution in [0, 0.1) is 29.1 Å². The molecule has 4 atom stereocenters. The molecular weight excluding hydrogens is 290 g/mol. The average molecular weight is 325 g/mol. The first-order valence-electron chi connectivity index (χ1n) is 9.23. The third-order valence-electron chi connectivity index (χ3n) is 6.08. The first kappa shape index (κ1) is 18.6. The van der Waals surface area contributed by atoms with Crippen LogP contribution in [-0.2, 0) is 4.74 Å². The molecule has 4 heteroatoms. The molecule has 0 spiro atoms. The molecule has 134 valence electrons. The van der Waals surface area contributed by atoms with Crippen molar-refractivity contribution in [2.75, 3.05) is 13.2 Å². The molecule has 2 fully saturated rings. The molecule has 0 aromatic heterocycles. The van der Waals surface area contributed by atoms with Crippen LogP contribution in [0.15, 0.2) is 0 Å². The normalized spacial score (nSPS) is 29.6. The van der Waals surface area contributed by atoms with Gasteiger partial charge in [0.05, 0.1) is 6.61 Å². The van der Waals surface area contributed by atoms with Gasteiger partial charge in [-0.15, -0.1) is 0 Å². The molecule has 23 heavy (non-hydrogen) atoms. The number of rotatable bonds is 6. The Morgan fingerprint density at radius 1 is 1.26 bits per heavy atom. The van der Waals surface area contributed by atoms with Gasteiger partial charge >= 0.3 is 6.09 Å². The average Bonchev–Trinajstić information content (AvgIpc) is 3.03. The highest BCUT2D eigenvalue weighted by Crippen LogP contribution is 2.52. The number of amides is 1. The topological polar surface area (TPSA) is 58.6 Å². The number of aliphatic hydroxyl groups excluding tert-OH is 1. The Balaban J connectivity index is 1.96. The second-order valence-corrected chi connectivity index (χ2v) is 9.17. The van der Waals surface area contributed by atoms with Gasteiger partial charge in [-0.05, 0) is 70.1 Å². The molecule has 2 aliphatic rings. The van der Waals surface area contributed by atoms with E-state index in [1.54, 1.807) is 0 Å². The molecule has 2 bridgehead atoms. The van der Waals surface area contributed by atoms with Gasteiger partial charge in [0, 0.05) is 12.0 Å². The van der Waals surface area contributed by atoms with E-state index in [1.165, 1.54) is 25.7 Å². The van der Waals surface area contributed by atoms with Gasteiger partial charge in [-0.1, -0.05) is 20.3 Å². The molecule has 0 aromatic carbocycles. The van der Waals surface area contributed by atoms with Gasteiger partial charge in [-0.25, -0.2) is 4.79 Å². The van der Waals surface area contributed by atoms with Crippen molar-refractivity contribution in [3.63, 3.8) is 0 Å². The minimum absolute atomic E-state index is 0.119. The Morgan fingerprint density at radius 2 is 1.96 bits per heavy atom. The maximum absolute atomic E-state index is 12.0. The molecule has 0 aliphatic heterocycles. The summed E-state index contributed by atoms with van der Waals surface area (Å²) in [6.45, 7) is 10.5. The number of hydrogen-bond acceptors (Lipinski definition) is 3. The predicted octanol–water partition coefficient (Wildman–Crippen LogP) is 3.97. The summed E-state index contributed by atoms with van der Waals surface area (Å²) in [5, 5.41) is 13.0. The second-order valence-electron chi connectivity index (χ2n) is 9.17. The van der Waals surface area contributed by atoms with Crippen LogP contribution < -0.4 is 5.32 Å². The van der Waals surface area contributed by atoms with Gasteiger partial charge in [0.1, 0.15) is 5.60 Å². The van der Waals surface area contributed by atoms with Crippen molar-refractivity contribution in [1.82, 2.24) is 5.32 Å². The fourth-order valence-electron chi connectivity index (χ4n) is 4.53. The van der Waals surface area contributed by atoms with Crippen LogP contribution in [-0.4, -0.2) is 30.0 Å². The molecule has 2 aliphatic carbocycles. The lowest BCUT2D eigenvalue weighted by atomic mass is 9.68. The number of hydrogen-bond donors (Lipinski definition) is 2. The van der Waals surface area contributed by atoms with E-state index in [-0.39, 0.29) is 18.1 Å². The van der Waals surface area contributed by atoms with Crippen LogP contribution in [0.5, 0.6) is 0 Å². The summed E-state index contributed by atoms with van der Waals surface area (Å²) in [7, 11) is 0. The van der Waals surface area contributed by atoms with Crippen LogP contribution in [0.3, 0.4) is 0 Å². The Labute approximate surface area is 141 Å². The number of ether oxygens (including phenoxy) is 1. The number of nitrogens with one attached hydrogen (secondary N) is 1. The van der Waals surface area contributed by atoms with Gasteiger partial charge in [-0.2, -0.15) is 0 Å². The molecule has 2 rings (SSSR count). The van der Waals surface area contributed by atoms with Gasteiger partial charge in [0.15, 0.2) is 0 Å². The highest BCUT2D eigenvalue weighted by molar-refractivity contribution is 5.67. The maximum Gasteiger partial charge on any atom is 0.407 e. The van der Waals surface area contributed by atoms with E-state index in [2.05, 4.69) is 19.2 Å². The quantitative estimate of drug-likeness (QED) is 0.777. The van der Waals surface area contributed by atoms with E-state index >= 15 is 0 Å². The van der Waals surface area contributed by atoms with Crippen LogP contribution in [0.4, 0.5) is 4.79 Å². The van der Waals surface area contributed by atoms with Crippen molar-refractivity contribution < 1.29 is 14.6 Å². The molecule has 4 nitrogen and oxygen atoms in total. The maximum atomic E-state index is 12.0. The van der Waals surface area contributed by atoms with E-state index in [0.29, 0.717) is 18.4 Å². The van der Waals surface area contributed by atoms with Gasteiger partial charge in [0.25, 0.3) is 0 Å². The largest absolute Gasteiger partial charge is 0.444 e. The summed E-state index contributed by atoms with van der Waals surface area (Å²) < 4.78 is 5.35. The van der Waals surface area contributed by atoms with Crippen LogP contribution in [0.2, 0.25) is 0 Å². The lowest BCUT2D eigenvalue weighted by molar-refractivity contribution is 0.0249. The Bertz CT molecular complexity index is 415. The fourth-order valence-corrected chi connectivity index (χ4v) is 4.53. The summed E-state index contributed by atoms with van der Waals surface area (Å²) in [5.74, 6) is 2.78. The highest BCUT2D eigenvalue weighted by Gasteiger charge is 2.45. The Hall–Kier alpha value is -0.770. The molecule has 4 unspecified atom stereocenters. The predicted molar refractivity (Wildman–Crippen MR) is 92.1 cm³/mol. The van der Waals surface area contributed by atoms with Crippen LogP contribution >= 0.6 is 0 Å². The van der Waals surface area contributed by atoms with E-state index in [0.717, 1.165) is 18.3 Å².